The molecule has 0 bridgehead atoms. The van der Waals surface area contributed by atoms with Crippen LogP contribution in [-0.4, -0.2) is 51.6 Å². The van der Waals surface area contributed by atoms with E-state index in [1.807, 2.05) is 20.8 Å². The zero-order chi connectivity index (χ0) is 12.5. The van der Waals surface area contributed by atoms with Crippen LogP contribution in [0.15, 0.2) is 0 Å². The largest absolute Gasteiger partial charge is 0.465 e. The van der Waals surface area contributed by atoms with Gasteiger partial charge in [0.05, 0.1) is 6.04 Å². The Morgan fingerprint density at radius 3 is 2.44 bits per heavy atom. The summed E-state index contributed by atoms with van der Waals surface area (Å²) in [6.07, 6.45) is -0.189. The minimum absolute atomic E-state index is 0.0155. The van der Waals surface area contributed by atoms with Gasteiger partial charge in [0.2, 0.25) is 0 Å². The molecular weight excluding hydrogens is 208 g/mol. The van der Waals surface area contributed by atoms with Crippen molar-refractivity contribution in [2.45, 2.75) is 38.8 Å². The molecule has 0 aromatic heterocycles. The minimum Gasteiger partial charge on any atom is -0.465 e. The maximum atomic E-state index is 11.2. The molecule has 1 saturated heterocycles. The molecule has 0 spiro atoms. The average Bonchev–Trinajstić information content (AvgIpc) is 2.49. The molecule has 4 N–H and O–H groups in total. The topological polar surface area (TPSA) is 93.7 Å². The first-order valence-corrected chi connectivity index (χ1v) is 5.34. The van der Waals surface area contributed by atoms with E-state index in [1.165, 1.54) is 4.90 Å². The summed E-state index contributed by atoms with van der Waals surface area (Å²) in [5, 5.41) is 16.5. The van der Waals surface area contributed by atoms with E-state index in [0.717, 1.165) is 6.42 Å². The minimum atomic E-state index is -0.914. The predicted molar refractivity (Wildman–Crippen MR) is 61.5 cm³/mol. The summed E-state index contributed by atoms with van der Waals surface area (Å²) in [5.41, 5.74) is 4.96. The lowest BCUT2D eigenvalue weighted by Gasteiger charge is -2.37. The highest BCUT2D eigenvalue weighted by atomic mass is 16.4. The highest BCUT2D eigenvalue weighted by Crippen LogP contribution is 2.23. The Morgan fingerprint density at radius 2 is 2.12 bits per heavy atom. The molecule has 0 saturated carbocycles. The summed E-state index contributed by atoms with van der Waals surface area (Å²) in [6.45, 7) is 6.78. The van der Waals surface area contributed by atoms with Crippen molar-refractivity contribution in [3.05, 3.63) is 0 Å². The highest BCUT2D eigenvalue weighted by Gasteiger charge is 2.37. The van der Waals surface area contributed by atoms with E-state index in [4.69, 9.17) is 11.1 Å². The molecular formula is C10H20N4O2. The van der Waals surface area contributed by atoms with Crippen LogP contribution in [0.2, 0.25) is 0 Å². The maximum absolute atomic E-state index is 11.2. The summed E-state index contributed by atoms with van der Waals surface area (Å²) in [6, 6.07) is -0.0820. The van der Waals surface area contributed by atoms with Crippen LogP contribution >= 0.6 is 0 Å². The SMILES string of the molecule is CC(C)(C)N(C(=O)O)C1CCN(C(=N)N)C1. The van der Waals surface area contributed by atoms with Crippen molar-refractivity contribution in [1.29, 1.82) is 5.41 Å². The lowest BCUT2D eigenvalue weighted by atomic mass is 10.0. The zero-order valence-corrected chi connectivity index (χ0v) is 10.0. The Kier molecular flexibility index (Phi) is 3.30. The van der Waals surface area contributed by atoms with Crippen LogP contribution in [-0.2, 0) is 0 Å². The number of rotatable bonds is 1. The van der Waals surface area contributed by atoms with Crippen LogP contribution in [0.5, 0.6) is 0 Å². The van der Waals surface area contributed by atoms with Crippen LogP contribution in [0, 0.1) is 5.41 Å². The summed E-state index contributed by atoms with van der Waals surface area (Å²) in [4.78, 5) is 14.4. The van der Waals surface area contributed by atoms with Crippen molar-refractivity contribution >= 4 is 12.1 Å². The molecule has 6 nitrogen and oxygen atoms in total. The second kappa shape index (κ2) is 4.19. The Hall–Kier alpha value is -1.46. The Morgan fingerprint density at radius 1 is 1.56 bits per heavy atom. The summed E-state index contributed by atoms with van der Waals surface area (Å²) >= 11 is 0. The molecule has 1 heterocycles. The van der Waals surface area contributed by atoms with Crippen molar-refractivity contribution in [3.8, 4) is 0 Å². The second-order valence-corrected chi connectivity index (χ2v) is 5.10. The molecule has 1 aliphatic rings. The van der Waals surface area contributed by atoms with Gasteiger partial charge in [0.15, 0.2) is 5.96 Å². The van der Waals surface area contributed by atoms with Gasteiger partial charge < -0.3 is 15.7 Å². The molecule has 1 amide bonds. The lowest BCUT2D eigenvalue weighted by molar-refractivity contribution is 0.0739. The normalized spacial score (nSPS) is 20.9. The van der Waals surface area contributed by atoms with Gasteiger partial charge in [-0.3, -0.25) is 10.3 Å². The van der Waals surface area contributed by atoms with Crippen LogP contribution in [0.4, 0.5) is 4.79 Å². The summed E-state index contributed by atoms with van der Waals surface area (Å²) < 4.78 is 0. The van der Waals surface area contributed by atoms with Gasteiger partial charge in [-0.05, 0) is 27.2 Å². The predicted octanol–water partition coefficient (Wildman–Crippen LogP) is 0.733. The fourth-order valence-electron chi connectivity index (χ4n) is 2.16. The van der Waals surface area contributed by atoms with E-state index >= 15 is 0 Å². The standard InChI is InChI=1S/C10H20N4O2/c1-10(2,3)14(9(15)16)7-4-5-13(6-7)8(11)12/h7H,4-6H2,1-3H3,(H3,11,12)(H,15,16). The Labute approximate surface area is 95.5 Å². The highest BCUT2D eigenvalue weighted by molar-refractivity contribution is 5.75. The number of hydrogen-bond donors (Lipinski definition) is 3. The van der Waals surface area contributed by atoms with Crippen molar-refractivity contribution in [3.63, 3.8) is 0 Å². The molecule has 0 aliphatic carbocycles. The van der Waals surface area contributed by atoms with E-state index in [-0.39, 0.29) is 12.0 Å². The average molecular weight is 228 g/mol. The third kappa shape index (κ3) is 2.56. The van der Waals surface area contributed by atoms with Gasteiger partial charge in [-0.2, -0.15) is 0 Å². The van der Waals surface area contributed by atoms with Crippen LogP contribution in [0.25, 0.3) is 0 Å². The van der Waals surface area contributed by atoms with E-state index in [1.54, 1.807) is 4.90 Å². The first-order valence-electron chi connectivity index (χ1n) is 5.34. The molecule has 1 aliphatic heterocycles. The quantitative estimate of drug-likeness (QED) is 0.455. The van der Waals surface area contributed by atoms with Gasteiger partial charge in [0.1, 0.15) is 0 Å². The van der Waals surface area contributed by atoms with Crippen LogP contribution in [0.3, 0.4) is 0 Å². The first-order chi connectivity index (χ1) is 7.23. The maximum Gasteiger partial charge on any atom is 0.408 e. The number of nitrogens with two attached hydrogens (primary N) is 1. The van der Waals surface area contributed by atoms with Crippen molar-refractivity contribution < 1.29 is 9.90 Å². The summed E-state index contributed by atoms with van der Waals surface area (Å²) in [7, 11) is 0. The third-order valence-electron chi connectivity index (χ3n) is 2.80. The molecule has 92 valence electrons. The Bertz CT molecular complexity index is 298. The van der Waals surface area contributed by atoms with Gasteiger partial charge in [0, 0.05) is 18.6 Å². The fourth-order valence-corrected chi connectivity index (χ4v) is 2.16. The number of guanidine groups is 1. The van der Waals surface area contributed by atoms with Gasteiger partial charge in [-0.15, -0.1) is 0 Å². The number of hydrogen-bond acceptors (Lipinski definition) is 2. The molecule has 1 unspecified atom stereocenters. The third-order valence-corrected chi connectivity index (χ3v) is 2.80. The molecule has 1 fully saturated rings. The van der Waals surface area contributed by atoms with Crippen molar-refractivity contribution in [1.82, 2.24) is 9.80 Å². The zero-order valence-electron chi connectivity index (χ0n) is 10.0. The van der Waals surface area contributed by atoms with E-state index in [9.17, 15) is 9.90 Å². The van der Waals surface area contributed by atoms with Gasteiger partial charge in [-0.1, -0.05) is 0 Å². The molecule has 1 rings (SSSR count). The fraction of sp³-hybridized carbons (Fsp3) is 0.800. The molecule has 0 aromatic rings. The molecule has 6 heteroatoms. The van der Waals surface area contributed by atoms with Crippen LogP contribution < -0.4 is 5.73 Å². The number of amides is 1. The van der Waals surface area contributed by atoms with Gasteiger partial charge in [-0.25, -0.2) is 4.79 Å². The van der Waals surface area contributed by atoms with E-state index in [2.05, 4.69) is 0 Å². The number of carbonyl (C=O) groups is 1. The van der Waals surface area contributed by atoms with E-state index < -0.39 is 11.6 Å². The van der Waals surface area contributed by atoms with Crippen molar-refractivity contribution in [2.75, 3.05) is 13.1 Å². The number of carboxylic acid groups (broad SMARTS) is 1. The molecule has 0 radical (unpaired) electrons. The number of nitrogens with one attached hydrogen (secondary N) is 1. The summed E-state index contributed by atoms with van der Waals surface area (Å²) in [5.74, 6) is 0.0155. The molecule has 1 atom stereocenters. The molecule has 16 heavy (non-hydrogen) atoms. The molecule has 0 aromatic carbocycles. The second-order valence-electron chi connectivity index (χ2n) is 5.10. The monoisotopic (exact) mass is 228 g/mol. The van der Waals surface area contributed by atoms with E-state index in [0.29, 0.717) is 13.1 Å². The van der Waals surface area contributed by atoms with Crippen LogP contribution in [0.1, 0.15) is 27.2 Å². The first kappa shape index (κ1) is 12.6. The lowest BCUT2D eigenvalue weighted by Crippen LogP contribution is -2.52. The smallest absolute Gasteiger partial charge is 0.408 e. The van der Waals surface area contributed by atoms with Gasteiger partial charge >= 0.3 is 6.09 Å². The van der Waals surface area contributed by atoms with Crippen molar-refractivity contribution in [2.24, 2.45) is 5.73 Å². The number of nitrogens with zero attached hydrogens (tertiary/aromatic N) is 2. The Balaban J connectivity index is 2.76. The van der Waals surface area contributed by atoms with Gasteiger partial charge in [0.25, 0.3) is 0 Å². The number of likely N-dealkylation sites (tertiary alicyclic amines) is 1.